The molecule has 2 nitrogen and oxygen atoms in total. The third-order valence-electron chi connectivity index (χ3n) is 1.57. The number of amides is 1. The molecule has 76 valence electrons. The Morgan fingerprint density at radius 2 is 2.29 bits per heavy atom. The number of hydrogen-bond acceptors (Lipinski definition) is 2. The second kappa shape index (κ2) is 5.05. The van der Waals surface area contributed by atoms with E-state index in [1.807, 2.05) is 6.07 Å². The lowest BCUT2D eigenvalue weighted by Gasteiger charge is -2.08. The van der Waals surface area contributed by atoms with Gasteiger partial charge in [0.15, 0.2) is 0 Å². The SMILES string of the molecule is CC(S)C(=O)Nc1ccc(Br)cc1Cl. The van der Waals surface area contributed by atoms with Crippen LogP contribution in [-0.2, 0) is 4.79 Å². The molecular weight excluding hydrogens is 286 g/mol. The van der Waals surface area contributed by atoms with Crippen LogP contribution in [0, 0.1) is 0 Å². The molecule has 0 aliphatic carbocycles. The third kappa shape index (κ3) is 3.19. The lowest BCUT2D eigenvalue weighted by atomic mass is 10.3. The zero-order valence-corrected chi connectivity index (χ0v) is 10.7. The Hall–Kier alpha value is -0.190. The Labute approximate surface area is 102 Å². The summed E-state index contributed by atoms with van der Waals surface area (Å²) in [6, 6.07) is 5.27. The van der Waals surface area contributed by atoms with Gasteiger partial charge < -0.3 is 5.32 Å². The zero-order chi connectivity index (χ0) is 10.7. The number of benzene rings is 1. The van der Waals surface area contributed by atoms with Gasteiger partial charge in [-0.2, -0.15) is 12.6 Å². The van der Waals surface area contributed by atoms with Gasteiger partial charge in [-0.15, -0.1) is 0 Å². The number of hydrogen-bond donors (Lipinski definition) is 2. The van der Waals surface area contributed by atoms with Gasteiger partial charge in [-0.05, 0) is 25.1 Å². The van der Waals surface area contributed by atoms with E-state index in [0.717, 1.165) is 4.47 Å². The van der Waals surface area contributed by atoms with E-state index in [4.69, 9.17) is 11.6 Å². The van der Waals surface area contributed by atoms with E-state index in [0.29, 0.717) is 10.7 Å². The number of anilines is 1. The lowest BCUT2D eigenvalue weighted by Crippen LogP contribution is -2.20. The number of halogens is 2. The summed E-state index contributed by atoms with van der Waals surface area (Å²) >= 11 is 13.2. The van der Waals surface area contributed by atoms with E-state index in [1.165, 1.54) is 0 Å². The zero-order valence-electron chi connectivity index (χ0n) is 7.42. The normalized spacial score (nSPS) is 12.3. The molecule has 1 aromatic carbocycles. The van der Waals surface area contributed by atoms with E-state index < -0.39 is 0 Å². The van der Waals surface area contributed by atoms with Gasteiger partial charge in [0.2, 0.25) is 5.91 Å². The molecule has 1 unspecified atom stereocenters. The van der Waals surface area contributed by atoms with Crippen molar-refractivity contribution in [3.8, 4) is 0 Å². The number of carbonyl (C=O) groups is 1. The van der Waals surface area contributed by atoms with Gasteiger partial charge in [0, 0.05) is 4.47 Å². The first-order valence-corrected chi connectivity index (χ1v) is 5.63. The van der Waals surface area contributed by atoms with Crippen LogP contribution < -0.4 is 5.32 Å². The molecule has 0 saturated heterocycles. The first-order valence-electron chi connectivity index (χ1n) is 3.94. The first-order chi connectivity index (χ1) is 6.50. The van der Waals surface area contributed by atoms with Crippen molar-refractivity contribution < 1.29 is 4.79 Å². The van der Waals surface area contributed by atoms with Crippen molar-refractivity contribution in [2.45, 2.75) is 12.2 Å². The molecule has 1 amide bonds. The summed E-state index contributed by atoms with van der Waals surface area (Å²) in [7, 11) is 0. The largest absolute Gasteiger partial charge is 0.324 e. The molecule has 1 N–H and O–H groups in total. The number of nitrogens with one attached hydrogen (secondary N) is 1. The Bertz CT molecular complexity index is 357. The minimum atomic E-state index is -0.352. The third-order valence-corrected chi connectivity index (χ3v) is 2.61. The molecule has 0 aliphatic rings. The van der Waals surface area contributed by atoms with Crippen LogP contribution in [0.4, 0.5) is 5.69 Å². The van der Waals surface area contributed by atoms with Crippen molar-refractivity contribution >= 4 is 51.8 Å². The van der Waals surface area contributed by atoms with Gasteiger partial charge >= 0.3 is 0 Å². The maximum atomic E-state index is 11.3. The summed E-state index contributed by atoms with van der Waals surface area (Å²) < 4.78 is 0.874. The van der Waals surface area contributed by atoms with Crippen molar-refractivity contribution in [1.82, 2.24) is 0 Å². The van der Waals surface area contributed by atoms with E-state index in [9.17, 15) is 4.79 Å². The van der Waals surface area contributed by atoms with Crippen molar-refractivity contribution in [1.29, 1.82) is 0 Å². The number of carbonyl (C=O) groups excluding carboxylic acids is 1. The van der Waals surface area contributed by atoms with Crippen LogP contribution in [0.1, 0.15) is 6.92 Å². The summed E-state index contributed by atoms with van der Waals surface area (Å²) in [6.45, 7) is 1.70. The average Bonchev–Trinajstić information content (AvgIpc) is 2.09. The van der Waals surface area contributed by atoms with Crippen LogP contribution >= 0.6 is 40.2 Å². The van der Waals surface area contributed by atoms with Gasteiger partial charge in [0.05, 0.1) is 16.0 Å². The van der Waals surface area contributed by atoms with Gasteiger partial charge in [-0.25, -0.2) is 0 Å². The molecule has 0 spiro atoms. The van der Waals surface area contributed by atoms with Crippen molar-refractivity contribution in [3.63, 3.8) is 0 Å². The van der Waals surface area contributed by atoms with E-state index in [-0.39, 0.29) is 11.2 Å². The molecule has 1 rings (SSSR count). The highest BCUT2D eigenvalue weighted by Gasteiger charge is 2.09. The Morgan fingerprint density at radius 3 is 2.79 bits per heavy atom. The Balaban J connectivity index is 2.82. The van der Waals surface area contributed by atoms with Crippen LogP contribution in [0.25, 0.3) is 0 Å². The molecule has 0 aliphatic heterocycles. The van der Waals surface area contributed by atoms with Crippen molar-refractivity contribution in [2.24, 2.45) is 0 Å². The lowest BCUT2D eigenvalue weighted by molar-refractivity contribution is -0.115. The van der Waals surface area contributed by atoms with E-state index in [2.05, 4.69) is 33.9 Å². The molecule has 0 bridgehead atoms. The van der Waals surface area contributed by atoms with Crippen molar-refractivity contribution in [3.05, 3.63) is 27.7 Å². The van der Waals surface area contributed by atoms with Crippen LogP contribution in [0.3, 0.4) is 0 Å². The first kappa shape index (κ1) is 11.9. The Kier molecular flexibility index (Phi) is 4.29. The highest BCUT2D eigenvalue weighted by atomic mass is 79.9. The topological polar surface area (TPSA) is 29.1 Å². The van der Waals surface area contributed by atoms with E-state index in [1.54, 1.807) is 19.1 Å². The van der Waals surface area contributed by atoms with Crippen LogP contribution in [0.2, 0.25) is 5.02 Å². The fourth-order valence-corrected chi connectivity index (χ4v) is 1.61. The summed E-state index contributed by atoms with van der Waals surface area (Å²) in [5, 5.41) is 2.82. The Morgan fingerprint density at radius 1 is 1.64 bits per heavy atom. The molecule has 0 fully saturated rings. The van der Waals surface area contributed by atoms with Crippen molar-refractivity contribution in [2.75, 3.05) is 5.32 Å². The van der Waals surface area contributed by atoms with Gasteiger partial charge in [0.25, 0.3) is 0 Å². The molecular formula is C9H9BrClNOS. The molecule has 0 saturated carbocycles. The molecule has 5 heteroatoms. The summed E-state index contributed by atoms with van der Waals surface area (Å²) in [5.41, 5.74) is 0.598. The second-order valence-corrected chi connectivity index (χ2v) is 4.89. The molecule has 0 heterocycles. The predicted octanol–water partition coefficient (Wildman–Crippen LogP) is 3.36. The number of rotatable bonds is 2. The van der Waals surface area contributed by atoms with Gasteiger partial charge in [0.1, 0.15) is 0 Å². The predicted molar refractivity (Wildman–Crippen MR) is 66.2 cm³/mol. The van der Waals surface area contributed by atoms with Crippen LogP contribution in [-0.4, -0.2) is 11.2 Å². The van der Waals surface area contributed by atoms with Crippen LogP contribution in [0.5, 0.6) is 0 Å². The minimum Gasteiger partial charge on any atom is -0.324 e. The highest BCUT2D eigenvalue weighted by molar-refractivity contribution is 9.10. The van der Waals surface area contributed by atoms with Crippen LogP contribution in [0.15, 0.2) is 22.7 Å². The molecule has 1 atom stereocenters. The fourth-order valence-electron chi connectivity index (χ4n) is 0.828. The average molecular weight is 295 g/mol. The smallest absolute Gasteiger partial charge is 0.236 e. The summed E-state index contributed by atoms with van der Waals surface area (Å²) in [4.78, 5) is 11.3. The van der Waals surface area contributed by atoms with Gasteiger partial charge in [-0.3, -0.25) is 4.79 Å². The highest BCUT2D eigenvalue weighted by Crippen LogP contribution is 2.25. The fraction of sp³-hybridized carbons (Fsp3) is 0.222. The second-order valence-electron chi connectivity index (χ2n) is 2.79. The minimum absolute atomic E-state index is 0.169. The van der Waals surface area contributed by atoms with Gasteiger partial charge in [-0.1, -0.05) is 27.5 Å². The number of thiol groups is 1. The van der Waals surface area contributed by atoms with E-state index >= 15 is 0 Å². The monoisotopic (exact) mass is 293 g/mol. The summed E-state index contributed by atoms with van der Waals surface area (Å²) in [5.74, 6) is -0.169. The quantitative estimate of drug-likeness (QED) is 0.805. The molecule has 0 radical (unpaired) electrons. The standard InChI is InChI=1S/C9H9BrClNOS/c1-5(14)9(13)12-8-3-2-6(10)4-7(8)11/h2-5,14H,1H3,(H,12,13). The maximum Gasteiger partial charge on any atom is 0.236 e. The maximum absolute atomic E-state index is 11.3. The molecule has 1 aromatic rings. The molecule has 0 aromatic heterocycles. The molecule has 14 heavy (non-hydrogen) atoms. The summed E-state index contributed by atoms with van der Waals surface area (Å²) in [6.07, 6.45) is 0.